The van der Waals surface area contributed by atoms with Crippen molar-refractivity contribution in [3.05, 3.63) is 82.7 Å². The van der Waals surface area contributed by atoms with Crippen LogP contribution >= 0.6 is 0 Å². The molecule has 5 aliphatic rings. The summed E-state index contributed by atoms with van der Waals surface area (Å²) in [6.07, 6.45) is 9.23. The molecule has 4 aliphatic carbocycles. The number of imide groups is 2. The first-order valence-electron chi connectivity index (χ1n) is 14.8. The van der Waals surface area contributed by atoms with E-state index in [-0.39, 0.29) is 15.9 Å². The maximum absolute atomic E-state index is 13.7. The Balaban J connectivity index is 1.17. The van der Waals surface area contributed by atoms with Crippen molar-refractivity contribution in [3.63, 3.8) is 0 Å². The van der Waals surface area contributed by atoms with Gasteiger partial charge in [-0.3, -0.25) is 14.9 Å². The van der Waals surface area contributed by atoms with Gasteiger partial charge in [0.15, 0.2) is 0 Å². The third kappa shape index (κ3) is 4.64. The Kier molecular flexibility index (Phi) is 6.30. The van der Waals surface area contributed by atoms with Crippen LogP contribution in [-0.4, -0.2) is 30.8 Å². The maximum Gasteiger partial charge on any atom is 0.335 e. The Bertz CT molecular complexity index is 1780. The van der Waals surface area contributed by atoms with Gasteiger partial charge in [0.05, 0.1) is 10.6 Å². The van der Waals surface area contributed by atoms with Crippen LogP contribution in [0.15, 0.2) is 65.1 Å². The van der Waals surface area contributed by atoms with Crippen LogP contribution in [0.2, 0.25) is 0 Å². The standard InChI is InChI=1S/C33H34N4O5S/c1-19-11-24(20(2)36(19)26-7-9-28(10-8-26)43(34,41)42)15-29-30(38)35-32(40)37(31(29)39)27-5-3-25(4-6-27)33-16-21-12-22(17-33)14-23(13-21)18-33/h3-11,15,21-23H,12-14,16-18H2,1-2H3,(H2,34,41,42)(H,35,38,40)/b29-15-. The van der Waals surface area contributed by atoms with Crippen LogP contribution in [-0.2, 0) is 25.0 Å². The third-order valence-corrected chi connectivity index (χ3v) is 11.0. The summed E-state index contributed by atoms with van der Waals surface area (Å²) in [6.45, 7) is 3.71. The molecule has 5 fully saturated rings. The molecule has 4 saturated carbocycles. The van der Waals surface area contributed by atoms with Gasteiger partial charge in [0.2, 0.25) is 10.0 Å². The Morgan fingerprint density at radius 2 is 1.42 bits per heavy atom. The van der Waals surface area contributed by atoms with Crippen LogP contribution in [0.1, 0.15) is 61.0 Å². The van der Waals surface area contributed by atoms with E-state index >= 15 is 0 Å². The molecule has 2 aromatic carbocycles. The lowest BCUT2D eigenvalue weighted by molar-refractivity contribution is -0.122. The lowest BCUT2D eigenvalue weighted by Crippen LogP contribution is -2.54. The first-order chi connectivity index (χ1) is 20.4. The van der Waals surface area contributed by atoms with Gasteiger partial charge in [-0.25, -0.2) is 23.3 Å². The minimum atomic E-state index is -3.83. The van der Waals surface area contributed by atoms with Crippen LogP contribution in [0, 0.1) is 31.6 Å². The largest absolute Gasteiger partial charge is 0.335 e. The third-order valence-electron chi connectivity index (χ3n) is 10.1. The number of nitrogens with zero attached hydrogens (tertiary/aromatic N) is 2. The van der Waals surface area contributed by atoms with Crippen LogP contribution < -0.4 is 15.4 Å². The number of primary sulfonamides is 1. The first-order valence-corrected chi connectivity index (χ1v) is 16.3. The molecule has 3 aromatic rings. The van der Waals surface area contributed by atoms with E-state index < -0.39 is 27.9 Å². The number of aromatic nitrogens is 1. The molecule has 10 heteroatoms. The highest BCUT2D eigenvalue weighted by Gasteiger charge is 2.51. The highest BCUT2D eigenvalue weighted by molar-refractivity contribution is 7.89. The van der Waals surface area contributed by atoms with Crippen molar-refractivity contribution in [1.82, 2.24) is 9.88 Å². The predicted octanol–water partition coefficient (Wildman–Crippen LogP) is 4.88. The number of carbonyl (C=O) groups is 3. The Morgan fingerprint density at radius 1 is 0.860 bits per heavy atom. The van der Waals surface area contributed by atoms with Crippen LogP contribution in [0.25, 0.3) is 11.8 Å². The first kappa shape index (κ1) is 27.8. The normalized spacial score (nSPS) is 27.7. The monoisotopic (exact) mass is 598 g/mol. The average molecular weight is 599 g/mol. The molecular weight excluding hydrogens is 564 g/mol. The lowest BCUT2D eigenvalue weighted by Gasteiger charge is -2.57. The van der Waals surface area contributed by atoms with E-state index in [4.69, 9.17) is 5.14 Å². The zero-order valence-electron chi connectivity index (χ0n) is 24.2. The average Bonchev–Trinajstić information content (AvgIpc) is 3.22. The number of sulfonamides is 1. The molecule has 1 saturated heterocycles. The van der Waals surface area contributed by atoms with E-state index in [0.29, 0.717) is 16.9 Å². The zero-order valence-corrected chi connectivity index (χ0v) is 25.0. The number of benzene rings is 2. The van der Waals surface area contributed by atoms with Gasteiger partial charge in [0.25, 0.3) is 11.8 Å². The number of barbiturate groups is 1. The van der Waals surface area contributed by atoms with Crippen molar-refractivity contribution in [2.24, 2.45) is 22.9 Å². The molecule has 1 aromatic heterocycles. The fourth-order valence-electron chi connectivity index (χ4n) is 8.59. The molecule has 0 radical (unpaired) electrons. The molecule has 43 heavy (non-hydrogen) atoms. The summed E-state index contributed by atoms with van der Waals surface area (Å²) in [5, 5.41) is 7.56. The molecule has 222 valence electrons. The predicted molar refractivity (Wildman–Crippen MR) is 162 cm³/mol. The molecule has 0 atom stereocenters. The van der Waals surface area contributed by atoms with E-state index in [9.17, 15) is 22.8 Å². The number of nitrogens with two attached hydrogens (primary N) is 1. The number of hydrogen-bond donors (Lipinski definition) is 2. The SMILES string of the molecule is Cc1cc(/C=C2/C(=O)NC(=O)N(c3ccc(C45CC6CC(CC(C6)C4)C5)cc3)C2=O)c(C)n1-c1ccc(S(N)(=O)=O)cc1. The molecule has 0 unspecified atom stereocenters. The van der Waals surface area contributed by atoms with E-state index in [1.807, 2.05) is 36.6 Å². The molecule has 2 heterocycles. The number of anilines is 1. The van der Waals surface area contributed by atoms with E-state index in [2.05, 4.69) is 17.4 Å². The number of hydrogen-bond acceptors (Lipinski definition) is 5. The molecule has 0 spiro atoms. The summed E-state index contributed by atoms with van der Waals surface area (Å²) >= 11 is 0. The van der Waals surface area contributed by atoms with Crippen LogP contribution in [0.4, 0.5) is 10.5 Å². The summed E-state index contributed by atoms with van der Waals surface area (Å²) in [5.41, 5.74) is 4.63. The smallest absolute Gasteiger partial charge is 0.318 e. The molecule has 9 nitrogen and oxygen atoms in total. The number of rotatable bonds is 5. The minimum absolute atomic E-state index is 0.00116. The lowest BCUT2D eigenvalue weighted by atomic mass is 9.48. The fourth-order valence-corrected chi connectivity index (χ4v) is 9.11. The second-order valence-electron chi connectivity index (χ2n) is 12.9. The van der Waals surface area contributed by atoms with Gasteiger partial charge in [-0.15, -0.1) is 0 Å². The van der Waals surface area contributed by atoms with Gasteiger partial charge < -0.3 is 4.57 Å². The summed E-state index contributed by atoms with van der Waals surface area (Å²) in [5.74, 6) is 0.991. The van der Waals surface area contributed by atoms with Crippen molar-refractivity contribution in [3.8, 4) is 5.69 Å². The van der Waals surface area contributed by atoms with E-state index in [1.165, 1.54) is 62.3 Å². The second-order valence-corrected chi connectivity index (χ2v) is 14.5. The van der Waals surface area contributed by atoms with Crippen molar-refractivity contribution in [1.29, 1.82) is 0 Å². The quantitative estimate of drug-likeness (QED) is 0.319. The van der Waals surface area contributed by atoms with E-state index in [0.717, 1.165) is 34.0 Å². The van der Waals surface area contributed by atoms with Crippen molar-refractivity contribution >= 4 is 39.6 Å². The van der Waals surface area contributed by atoms with Gasteiger partial charge in [0, 0.05) is 17.1 Å². The summed E-state index contributed by atoms with van der Waals surface area (Å²) in [7, 11) is -3.83. The molecular formula is C33H34N4O5S. The number of nitrogens with one attached hydrogen (secondary N) is 1. The van der Waals surface area contributed by atoms with Gasteiger partial charge in [-0.05, 0) is 135 Å². The molecule has 1 aliphatic heterocycles. The van der Waals surface area contributed by atoms with Gasteiger partial charge >= 0.3 is 6.03 Å². The highest BCUT2D eigenvalue weighted by atomic mass is 32.2. The van der Waals surface area contributed by atoms with E-state index in [1.54, 1.807) is 12.1 Å². The number of carbonyl (C=O) groups excluding carboxylic acids is 3. The van der Waals surface area contributed by atoms with Crippen molar-refractivity contribution in [2.75, 3.05) is 4.90 Å². The van der Waals surface area contributed by atoms with Crippen LogP contribution in [0.3, 0.4) is 0 Å². The number of amides is 4. The van der Waals surface area contributed by atoms with Gasteiger partial charge in [-0.1, -0.05) is 12.1 Å². The molecule has 4 amide bonds. The molecule has 3 N–H and O–H groups in total. The zero-order chi connectivity index (χ0) is 30.3. The highest BCUT2D eigenvalue weighted by Crippen LogP contribution is 2.60. The fraction of sp³-hybridized carbons (Fsp3) is 0.364. The summed E-state index contributed by atoms with van der Waals surface area (Å²) < 4.78 is 25.2. The number of urea groups is 1. The topological polar surface area (TPSA) is 132 Å². The van der Waals surface area contributed by atoms with Crippen molar-refractivity contribution in [2.45, 2.75) is 62.7 Å². The van der Waals surface area contributed by atoms with Gasteiger partial charge in [0.1, 0.15) is 5.57 Å². The van der Waals surface area contributed by atoms with Crippen LogP contribution in [0.5, 0.6) is 0 Å². The molecule has 4 bridgehead atoms. The minimum Gasteiger partial charge on any atom is -0.318 e. The summed E-state index contributed by atoms with van der Waals surface area (Å²) in [6, 6.07) is 15.0. The molecule has 8 rings (SSSR count). The summed E-state index contributed by atoms with van der Waals surface area (Å²) in [4.78, 5) is 40.5. The van der Waals surface area contributed by atoms with Crippen molar-refractivity contribution < 1.29 is 22.8 Å². The second kappa shape index (κ2) is 9.75. The number of aryl methyl sites for hydroxylation is 1. The Hall–Kier alpha value is -4.02. The maximum atomic E-state index is 13.7. The Morgan fingerprint density at radius 3 is 1.98 bits per heavy atom. The van der Waals surface area contributed by atoms with Gasteiger partial charge in [-0.2, -0.15) is 0 Å². The Labute approximate surface area is 250 Å².